The molecule has 3 heterocycles. The van der Waals surface area contributed by atoms with Crippen molar-refractivity contribution in [1.29, 1.82) is 0 Å². The van der Waals surface area contributed by atoms with E-state index >= 15 is 0 Å². The summed E-state index contributed by atoms with van der Waals surface area (Å²) in [4.78, 5) is 19.8. The lowest BCUT2D eigenvalue weighted by Crippen LogP contribution is -2.48. The highest BCUT2D eigenvalue weighted by molar-refractivity contribution is 7.13. The van der Waals surface area contributed by atoms with Crippen molar-refractivity contribution in [2.24, 2.45) is 0 Å². The van der Waals surface area contributed by atoms with Crippen molar-refractivity contribution in [2.45, 2.75) is 19.8 Å². The monoisotopic (exact) mass is 368 g/mol. The Morgan fingerprint density at radius 1 is 1.31 bits per heavy atom. The fourth-order valence-electron chi connectivity index (χ4n) is 2.98. The van der Waals surface area contributed by atoms with Gasteiger partial charge in [-0.1, -0.05) is 17.3 Å². The van der Waals surface area contributed by atoms with Gasteiger partial charge in [0.15, 0.2) is 0 Å². The van der Waals surface area contributed by atoms with E-state index in [0.29, 0.717) is 18.3 Å². The second-order valence-corrected chi connectivity index (χ2v) is 7.62. The minimum atomic E-state index is -0.00323. The average molecular weight is 368 g/mol. The number of carbonyl (C=O) groups is 1. The van der Waals surface area contributed by atoms with Crippen molar-refractivity contribution in [3.63, 3.8) is 0 Å². The quantitative estimate of drug-likeness (QED) is 0.747. The third-order valence-corrected chi connectivity index (χ3v) is 5.51. The Bertz CT molecular complexity index is 914. The molecule has 1 aromatic carbocycles. The van der Waals surface area contributed by atoms with Gasteiger partial charge in [-0.3, -0.25) is 9.69 Å². The fourth-order valence-corrected chi connectivity index (χ4v) is 3.63. The van der Waals surface area contributed by atoms with E-state index in [4.69, 9.17) is 4.52 Å². The molecule has 0 radical (unpaired) electrons. The van der Waals surface area contributed by atoms with Crippen LogP contribution in [0.4, 0.5) is 5.69 Å². The zero-order valence-electron chi connectivity index (χ0n) is 14.7. The third-order valence-electron chi connectivity index (χ3n) is 4.65. The molecule has 1 saturated heterocycles. The zero-order chi connectivity index (χ0) is 18.1. The van der Waals surface area contributed by atoms with Crippen LogP contribution in [-0.2, 0) is 4.79 Å². The van der Waals surface area contributed by atoms with Crippen LogP contribution in [0.5, 0.6) is 0 Å². The van der Waals surface area contributed by atoms with E-state index in [0.717, 1.165) is 23.7 Å². The van der Waals surface area contributed by atoms with E-state index < -0.39 is 0 Å². The predicted molar refractivity (Wildman–Crippen MR) is 101 cm³/mol. The summed E-state index contributed by atoms with van der Waals surface area (Å²) in [6.07, 6.45) is 0. The summed E-state index contributed by atoms with van der Waals surface area (Å²) in [5.74, 6) is 1.49. The molecule has 6 nitrogen and oxygen atoms in total. The fraction of sp³-hybridized carbons (Fsp3) is 0.316. The van der Waals surface area contributed by atoms with Crippen molar-refractivity contribution < 1.29 is 9.32 Å². The smallest absolute Gasteiger partial charge is 0.238 e. The number of hydrogen-bond donors (Lipinski definition) is 1. The van der Waals surface area contributed by atoms with Crippen LogP contribution in [0.15, 0.2) is 40.2 Å². The molecule has 4 rings (SSSR count). The van der Waals surface area contributed by atoms with Gasteiger partial charge in [0.25, 0.3) is 0 Å². The molecule has 26 heavy (non-hydrogen) atoms. The number of thiophene rings is 1. The normalized spacial score (nSPS) is 15.0. The number of aryl methyl sites for hydroxylation is 2. The number of likely N-dealkylation sites (tertiary alicyclic amines) is 1. The van der Waals surface area contributed by atoms with Crippen LogP contribution in [0.2, 0.25) is 0 Å². The van der Waals surface area contributed by atoms with Crippen LogP contribution in [0.3, 0.4) is 0 Å². The zero-order valence-corrected chi connectivity index (χ0v) is 15.5. The SMILES string of the molecule is Cc1ccc(NC(=O)CN2CC(c3nc(-c4cccs4)no3)C2)cc1C. The van der Waals surface area contributed by atoms with Gasteiger partial charge in [-0.05, 0) is 48.6 Å². The molecule has 2 aromatic heterocycles. The van der Waals surface area contributed by atoms with E-state index in [1.807, 2.05) is 42.6 Å². The molecule has 0 atom stereocenters. The Morgan fingerprint density at radius 2 is 2.15 bits per heavy atom. The lowest BCUT2D eigenvalue weighted by Gasteiger charge is -2.36. The highest BCUT2D eigenvalue weighted by Gasteiger charge is 2.33. The highest BCUT2D eigenvalue weighted by atomic mass is 32.1. The molecule has 0 unspecified atom stereocenters. The molecule has 1 aliphatic heterocycles. The van der Waals surface area contributed by atoms with E-state index in [2.05, 4.69) is 27.3 Å². The van der Waals surface area contributed by atoms with Crippen LogP contribution < -0.4 is 5.32 Å². The summed E-state index contributed by atoms with van der Waals surface area (Å²) in [5, 5.41) is 8.99. The standard InChI is InChI=1S/C19H20N4O2S/c1-12-5-6-15(8-13(12)2)20-17(24)11-23-9-14(10-23)19-21-18(22-25-19)16-4-3-7-26-16/h3-8,14H,9-11H2,1-2H3,(H,20,24). The number of amides is 1. The second-order valence-electron chi connectivity index (χ2n) is 6.67. The first-order chi connectivity index (χ1) is 12.6. The molecule has 134 valence electrons. The summed E-state index contributed by atoms with van der Waals surface area (Å²) in [6.45, 7) is 5.98. The van der Waals surface area contributed by atoms with Gasteiger partial charge in [0.05, 0.1) is 17.3 Å². The minimum absolute atomic E-state index is 0.00323. The summed E-state index contributed by atoms with van der Waals surface area (Å²) in [7, 11) is 0. The van der Waals surface area contributed by atoms with Crippen molar-refractivity contribution in [1.82, 2.24) is 15.0 Å². The van der Waals surface area contributed by atoms with E-state index in [-0.39, 0.29) is 11.8 Å². The second kappa shape index (κ2) is 7.01. The Morgan fingerprint density at radius 3 is 2.88 bits per heavy atom. The number of carbonyl (C=O) groups excluding carboxylic acids is 1. The first-order valence-electron chi connectivity index (χ1n) is 8.55. The van der Waals surface area contributed by atoms with Crippen molar-refractivity contribution in [3.8, 4) is 10.7 Å². The molecule has 0 spiro atoms. The highest BCUT2D eigenvalue weighted by Crippen LogP contribution is 2.28. The first kappa shape index (κ1) is 16.9. The van der Waals surface area contributed by atoms with Gasteiger partial charge in [0, 0.05) is 18.8 Å². The molecular weight excluding hydrogens is 348 g/mol. The maximum atomic E-state index is 12.2. The van der Waals surface area contributed by atoms with Gasteiger partial charge < -0.3 is 9.84 Å². The van der Waals surface area contributed by atoms with Gasteiger partial charge in [-0.15, -0.1) is 11.3 Å². The summed E-state index contributed by atoms with van der Waals surface area (Å²) >= 11 is 1.59. The topological polar surface area (TPSA) is 71.3 Å². The maximum absolute atomic E-state index is 12.2. The third kappa shape index (κ3) is 3.54. The molecule has 1 aliphatic rings. The van der Waals surface area contributed by atoms with E-state index in [9.17, 15) is 4.79 Å². The molecule has 0 bridgehead atoms. The number of nitrogens with zero attached hydrogens (tertiary/aromatic N) is 3. The summed E-state index contributed by atoms with van der Waals surface area (Å²) in [6, 6.07) is 9.89. The number of anilines is 1. The number of nitrogens with one attached hydrogen (secondary N) is 1. The van der Waals surface area contributed by atoms with E-state index in [1.165, 1.54) is 11.1 Å². The van der Waals surface area contributed by atoms with Gasteiger partial charge in [-0.25, -0.2) is 0 Å². The molecule has 1 N–H and O–H groups in total. The lowest BCUT2D eigenvalue weighted by atomic mass is 10.0. The van der Waals surface area contributed by atoms with E-state index in [1.54, 1.807) is 11.3 Å². The van der Waals surface area contributed by atoms with Gasteiger partial charge in [0.2, 0.25) is 17.6 Å². The molecule has 1 fully saturated rings. The van der Waals surface area contributed by atoms with Crippen LogP contribution in [-0.4, -0.2) is 40.6 Å². The summed E-state index contributed by atoms with van der Waals surface area (Å²) < 4.78 is 5.38. The molecule has 7 heteroatoms. The Kier molecular flexibility index (Phi) is 4.57. The molecule has 3 aromatic rings. The average Bonchev–Trinajstić information content (AvgIpc) is 3.24. The summed E-state index contributed by atoms with van der Waals surface area (Å²) in [5.41, 5.74) is 3.23. The van der Waals surface area contributed by atoms with Crippen molar-refractivity contribution in [2.75, 3.05) is 25.0 Å². The largest absolute Gasteiger partial charge is 0.339 e. The van der Waals surface area contributed by atoms with Gasteiger partial charge >= 0.3 is 0 Å². The van der Waals surface area contributed by atoms with Crippen molar-refractivity contribution in [3.05, 3.63) is 52.7 Å². The van der Waals surface area contributed by atoms with Crippen LogP contribution in [0, 0.1) is 13.8 Å². The Balaban J connectivity index is 1.28. The van der Waals surface area contributed by atoms with Crippen LogP contribution in [0.1, 0.15) is 22.9 Å². The van der Waals surface area contributed by atoms with Crippen LogP contribution in [0.25, 0.3) is 10.7 Å². The van der Waals surface area contributed by atoms with Gasteiger partial charge in [0.1, 0.15) is 0 Å². The molecule has 0 aliphatic carbocycles. The Labute approximate surface area is 155 Å². The predicted octanol–water partition coefficient (Wildman–Crippen LogP) is 3.45. The first-order valence-corrected chi connectivity index (χ1v) is 9.43. The number of hydrogen-bond acceptors (Lipinski definition) is 6. The van der Waals surface area contributed by atoms with Crippen LogP contribution >= 0.6 is 11.3 Å². The maximum Gasteiger partial charge on any atom is 0.238 e. The Hall–Kier alpha value is -2.51. The number of aromatic nitrogens is 2. The number of benzene rings is 1. The number of rotatable bonds is 5. The molecular formula is C19H20N4O2S. The van der Waals surface area contributed by atoms with Gasteiger partial charge in [-0.2, -0.15) is 4.98 Å². The minimum Gasteiger partial charge on any atom is -0.339 e. The molecule has 0 saturated carbocycles. The van der Waals surface area contributed by atoms with Crippen molar-refractivity contribution >= 4 is 22.9 Å². The lowest BCUT2D eigenvalue weighted by molar-refractivity contribution is -0.118. The molecule has 1 amide bonds.